The van der Waals surface area contributed by atoms with E-state index in [1.54, 1.807) is 11.9 Å². The number of H-pyrrole nitrogens is 1. The van der Waals surface area contributed by atoms with E-state index in [4.69, 9.17) is 7.85 Å². The van der Waals surface area contributed by atoms with Gasteiger partial charge in [0, 0.05) is 45.8 Å². The fourth-order valence-corrected chi connectivity index (χ4v) is 6.21. The zero-order valence-corrected chi connectivity index (χ0v) is 25.6. The van der Waals surface area contributed by atoms with Gasteiger partial charge in [-0.3, -0.25) is 0 Å². The van der Waals surface area contributed by atoms with Crippen LogP contribution >= 0.6 is 0 Å². The van der Waals surface area contributed by atoms with Crippen molar-refractivity contribution in [2.45, 2.75) is 0 Å². The number of hydrogen-bond acceptors (Lipinski definition) is 10. The summed E-state index contributed by atoms with van der Waals surface area (Å²) in [5.74, 6) is -8.99. The van der Waals surface area contributed by atoms with E-state index in [9.17, 15) is 46.0 Å². The van der Waals surface area contributed by atoms with Crippen molar-refractivity contribution in [3.63, 3.8) is 0 Å². The molecule has 0 atom stereocenters. The van der Waals surface area contributed by atoms with Crippen molar-refractivity contribution < 1.29 is 46.0 Å². The third-order valence-corrected chi connectivity index (χ3v) is 8.77. The molecule has 49 heavy (non-hydrogen) atoms. The first-order valence-electron chi connectivity index (χ1n) is 14.8. The molecule has 6 aromatic carbocycles. The van der Waals surface area contributed by atoms with Crippen molar-refractivity contribution in [2.24, 2.45) is 0 Å². The van der Waals surface area contributed by atoms with Crippen LogP contribution in [-0.2, 0) is 0 Å². The van der Waals surface area contributed by atoms with Crippen LogP contribution in [0.1, 0.15) is 0 Å². The highest BCUT2D eigenvalue weighted by atomic mass is 16.4. The Morgan fingerprint density at radius 2 is 1.02 bits per heavy atom. The highest BCUT2D eigenvalue weighted by Gasteiger charge is 2.28. The molecule has 0 fully saturated rings. The Balaban J connectivity index is 1.46. The second-order valence-corrected chi connectivity index (χ2v) is 11.6. The number of aromatic nitrogens is 1. The first kappa shape index (κ1) is 30.8. The molecule has 0 unspecified atom stereocenters. The van der Waals surface area contributed by atoms with Gasteiger partial charge in [-0.15, -0.1) is 0 Å². The molecule has 0 saturated heterocycles. The molecule has 10 N–H and O–H groups in total. The summed E-state index contributed by atoms with van der Waals surface area (Å²) in [4.78, 5) is 5.19. The van der Waals surface area contributed by atoms with E-state index in [-0.39, 0.29) is 11.1 Å². The van der Waals surface area contributed by atoms with E-state index in [1.165, 1.54) is 18.2 Å². The maximum Gasteiger partial charge on any atom is 0.208 e. The van der Waals surface area contributed by atoms with Gasteiger partial charge in [-0.2, -0.15) is 0 Å². The summed E-state index contributed by atoms with van der Waals surface area (Å²) in [6.45, 7) is 0. The number of aromatic hydroxyl groups is 9. The molecule has 7 aromatic rings. The van der Waals surface area contributed by atoms with Crippen LogP contribution in [0, 0.1) is 0 Å². The first-order chi connectivity index (χ1) is 23.4. The number of nitrogens with zero attached hydrogens (tertiary/aromatic N) is 1. The second-order valence-electron chi connectivity index (χ2n) is 11.6. The van der Waals surface area contributed by atoms with Crippen molar-refractivity contribution in [1.82, 2.24) is 4.98 Å². The summed E-state index contributed by atoms with van der Waals surface area (Å²) in [7, 11) is 7.54. The number of phenols is 9. The lowest BCUT2D eigenvalue weighted by molar-refractivity contribution is 0.330. The van der Waals surface area contributed by atoms with Crippen LogP contribution in [0.3, 0.4) is 0 Å². The van der Waals surface area contributed by atoms with E-state index < -0.39 is 68.3 Å². The number of phenolic OH excluding ortho intramolecular Hbond substituents is 9. The number of fused-ring (bicyclic) bond motifs is 3. The van der Waals surface area contributed by atoms with Gasteiger partial charge in [0.25, 0.3) is 0 Å². The highest BCUT2D eigenvalue weighted by Crippen LogP contribution is 2.56. The second kappa shape index (κ2) is 11.2. The molecular formula is C37H27BN2O9. The van der Waals surface area contributed by atoms with Crippen LogP contribution in [-0.4, -0.2) is 65.8 Å². The SMILES string of the molecule is [B]c1c(O)c(O)c(O)c(-c2cc(-c3c(O)c(O)c(O)c(O)c3O)cc(N(C)c3ccccc3-c3ccc4c(c3)[nH]c3ccccc34)c2)c1O. The van der Waals surface area contributed by atoms with Crippen molar-refractivity contribution in [3.05, 3.63) is 84.9 Å². The van der Waals surface area contributed by atoms with Gasteiger partial charge >= 0.3 is 0 Å². The van der Waals surface area contributed by atoms with E-state index in [1.807, 2.05) is 66.7 Å². The molecule has 11 nitrogen and oxygen atoms in total. The average molecular weight is 654 g/mol. The van der Waals surface area contributed by atoms with Gasteiger partial charge in [0.1, 0.15) is 13.6 Å². The van der Waals surface area contributed by atoms with Crippen molar-refractivity contribution in [3.8, 4) is 85.1 Å². The number of anilines is 2. The van der Waals surface area contributed by atoms with Crippen LogP contribution in [0.5, 0.6) is 51.7 Å². The van der Waals surface area contributed by atoms with Crippen LogP contribution in [0.25, 0.3) is 55.2 Å². The number of rotatable bonds is 5. The molecule has 242 valence electrons. The summed E-state index contributed by atoms with van der Waals surface area (Å²) in [5, 5.41) is 96.7. The lowest BCUT2D eigenvalue weighted by atomic mass is 9.87. The van der Waals surface area contributed by atoms with E-state index in [0.717, 1.165) is 32.9 Å². The Morgan fingerprint density at radius 3 is 1.69 bits per heavy atom. The highest BCUT2D eigenvalue weighted by molar-refractivity contribution is 6.37. The lowest BCUT2D eigenvalue weighted by Crippen LogP contribution is -2.11. The van der Waals surface area contributed by atoms with Gasteiger partial charge in [0.15, 0.2) is 23.0 Å². The normalized spacial score (nSPS) is 11.4. The summed E-state index contributed by atoms with van der Waals surface area (Å²) < 4.78 is 0. The summed E-state index contributed by atoms with van der Waals surface area (Å²) in [6, 6.07) is 25.7. The Labute approximate surface area is 279 Å². The Kier molecular flexibility index (Phi) is 7.02. The van der Waals surface area contributed by atoms with Gasteiger partial charge < -0.3 is 55.8 Å². The van der Waals surface area contributed by atoms with Gasteiger partial charge in [-0.05, 0) is 58.6 Å². The Hall–Kier alpha value is -6.82. The number of benzene rings is 6. The molecule has 0 amide bonds. The number of para-hydroxylation sites is 2. The fourth-order valence-electron chi connectivity index (χ4n) is 6.21. The Morgan fingerprint density at radius 1 is 0.490 bits per heavy atom. The lowest BCUT2D eigenvalue weighted by Gasteiger charge is -2.25. The summed E-state index contributed by atoms with van der Waals surface area (Å²) in [5.41, 5.74) is 2.95. The zero-order valence-electron chi connectivity index (χ0n) is 25.6. The molecule has 1 heterocycles. The monoisotopic (exact) mass is 654 g/mol. The molecule has 1 aromatic heterocycles. The molecule has 0 aliphatic rings. The summed E-state index contributed by atoms with van der Waals surface area (Å²) in [6.07, 6.45) is 0. The molecule has 0 aliphatic heterocycles. The van der Waals surface area contributed by atoms with Crippen molar-refractivity contribution in [1.29, 1.82) is 0 Å². The average Bonchev–Trinajstić information content (AvgIpc) is 3.49. The molecule has 7 rings (SSSR count). The molecule has 0 saturated carbocycles. The van der Waals surface area contributed by atoms with Crippen molar-refractivity contribution >= 4 is 46.5 Å². The maximum atomic E-state index is 10.9. The Bertz CT molecular complexity index is 2350. The predicted molar refractivity (Wildman–Crippen MR) is 187 cm³/mol. The molecule has 0 bridgehead atoms. The number of hydrogen-bond donors (Lipinski definition) is 10. The number of aromatic amines is 1. The van der Waals surface area contributed by atoms with Gasteiger partial charge in [0.05, 0.1) is 11.1 Å². The van der Waals surface area contributed by atoms with E-state index >= 15 is 0 Å². The first-order valence-corrected chi connectivity index (χ1v) is 14.8. The fraction of sp³-hybridized carbons (Fsp3) is 0.0270. The van der Waals surface area contributed by atoms with E-state index in [2.05, 4.69) is 4.98 Å². The largest absolute Gasteiger partial charge is 0.508 e. The molecule has 0 spiro atoms. The molecule has 0 aliphatic carbocycles. The molecule has 12 heteroatoms. The smallest absolute Gasteiger partial charge is 0.208 e. The number of nitrogens with one attached hydrogen (secondary N) is 1. The third kappa shape index (κ3) is 4.68. The maximum absolute atomic E-state index is 10.9. The van der Waals surface area contributed by atoms with Gasteiger partial charge in [-0.1, -0.05) is 48.5 Å². The minimum absolute atomic E-state index is 0.0285. The minimum Gasteiger partial charge on any atom is -0.508 e. The van der Waals surface area contributed by atoms with Gasteiger partial charge in [0.2, 0.25) is 23.0 Å². The van der Waals surface area contributed by atoms with E-state index in [0.29, 0.717) is 11.4 Å². The van der Waals surface area contributed by atoms with Crippen LogP contribution in [0.2, 0.25) is 0 Å². The molecule has 2 radical (unpaired) electrons. The zero-order chi connectivity index (χ0) is 34.9. The summed E-state index contributed by atoms with van der Waals surface area (Å²) >= 11 is 0. The molecular weight excluding hydrogens is 627 g/mol. The van der Waals surface area contributed by atoms with Gasteiger partial charge in [-0.25, -0.2) is 0 Å². The third-order valence-electron chi connectivity index (χ3n) is 8.77. The van der Waals surface area contributed by atoms with Crippen LogP contribution in [0.4, 0.5) is 11.4 Å². The van der Waals surface area contributed by atoms with Crippen molar-refractivity contribution in [2.75, 3.05) is 11.9 Å². The minimum atomic E-state index is -1.15. The topological polar surface area (TPSA) is 201 Å². The van der Waals surface area contributed by atoms with Crippen LogP contribution in [0.15, 0.2) is 84.9 Å². The van der Waals surface area contributed by atoms with Crippen LogP contribution < -0.4 is 10.4 Å². The quantitative estimate of drug-likeness (QED) is 0.0576. The predicted octanol–water partition coefficient (Wildman–Crippen LogP) is 6.23. The standard InChI is InChI=1S/C37H27BN2O9/c1-40(25-9-5-3-6-20(25)16-10-11-22-21-7-2-4-8-23(21)39-24(22)15-16)19-13-17(26-29(41)28(38)33(45)34(46)30(26)42)12-18(14-19)27-31(43)35(47)37(49)36(48)32(27)44/h2-15,39,41-49H,1H3.